The summed E-state index contributed by atoms with van der Waals surface area (Å²) in [5.74, 6) is 1.14. The van der Waals surface area contributed by atoms with Crippen LogP contribution < -0.4 is 15.5 Å². The maximum absolute atomic E-state index is 12.8. The topological polar surface area (TPSA) is 94.7 Å². The molecular formula is C28H29ClN6O. The Kier molecular flexibility index (Phi) is 6.23. The monoisotopic (exact) mass is 500 g/mol. The minimum absolute atomic E-state index is 0.0616. The van der Waals surface area contributed by atoms with Gasteiger partial charge in [-0.1, -0.05) is 18.2 Å². The summed E-state index contributed by atoms with van der Waals surface area (Å²) in [4.78, 5) is 28.4. The molecule has 4 aromatic rings. The molecule has 0 unspecified atom stereocenters. The van der Waals surface area contributed by atoms with Gasteiger partial charge >= 0.3 is 0 Å². The van der Waals surface area contributed by atoms with Gasteiger partial charge in [-0.2, -0.15) is 0 Å². The second kappa shape index (κ2) is 9.82. The van der Waals surface area contributed by atoms with Gasteiger partial charge in [-0.05, 0) is 74.8 Å². The average molecular weight is 501 g/mol. The molecule has 36 heavy (non-hydrogen) atoms. The number of aromatic nitrogens is 3. The predicted molar refractivity (Wildman–Crippen MR) is 144 cm³/mol. The smallest absolute Gasteiger partial charge is 0.251 e. The molecule has 2 atom stereocenters. The first-order valence-electron chi connectivity index (χ1n) is 12.7. The summed E-state index contributed by atoms with van der Waals surface area (Å²) in [5, 5.41) is 7.95. The van der Waals surface area contributed by atoms with Gasteiger partial charge in [0.1, 0.15) is 0 Å². The normalized spacial score (nSPS) is 19.7. The predicted octanol–water partition coefficient (Wildman–Crippen LogP) is 6.22. The molecule has 2 aliphatic carbocycles. The number of hydrogen-bond donors (Lipinski definition) is 4. The maximum Gasteiger partial charge on any atom is 0.251 e. The van der Waals surface area contributed by atoms with Crippen LogP contribution in [0.2, 0.25) is 0 Å². The molecule has 184 valence electrons. The molecule has 2 aromatic carbocycles. The molecule has 0 aliphatic heterocycles. The van der Waals surface area contributed by atoms with E-state index in [1.807, 2.05) is 12.3 Å². The highest BCUT2D eigenvalue weighted by atomic mass is 35.5. The summed E-state index contributed by atoms with van der Waals surface area (Å²) in [7, 11) is 0. The Labute approximate surface area is 215 Å². The molecule has 4 N–H and O–H groups in total. The van der Waals surface area contributed by atoms with Crippen LogP contribution in [0.3, 0.4) is 0 Å². The lowest BCUT2D eigenvalue weighted by atomic mass is 9.91. The molecule has 2 fully saturated rings. The van der Waals surface area contributed by atoms with Crippen LogP contribution in [0.15, 0.2) is 60.9 Å². The van der Waals surface area contributed by atoms with Crippen molar-refractivity contribution in [2.75, 3.05) is 10.2 Å². The Morgan fingerprint density at radius 1 is 1.00 bits per heavy atom. The number of fused-ring (bicyclic) bond motifs is 1. The Hall–Kier alpha value is -3.58. The number of carbonyl (C=O) groups is 1. The number of rotatable bonds is 7. The molecule has 2 aromatic heterocycles. The lowest BCUT2D eigenvalue weighted by Crippen LogP contribution is -2.42. The molecule has 0 spiro atoms. The fourth-order valence-electron chi connectivity index (χ4n) is 5.22. The first-order valence-corrected chi connectivity index (χ1v) is 13.0. The second-order valence-corrected chi connectivity index (χ2v) is 10.1. The van der Waals surface area contributed by atoms with Gasteiger partial charge < -0.3 is 15.6 Å². The number of carbonyl (C=O) groups excluding carboxylic acids is 1. The second-order valence-electron chi connectivity index (χ2n) is 9.87. The van der Waals surface area contributed by atoms with E-state index in [1.165, 1.54) is 23.8 Å². The maximum atomic E-state index is 12.8. The van der Waals surface area contributed by atoms with Gasteiger partial charge in [0, 0.05) is 69.5 Å². The van der Waals surface area contributed by atoms with Crippen molar-refractivity contribution < 1.29 is 4.79 Å². The molecule has 0 bridgehead atoms. The minimum Gasteiger partial charge on any atom is -0.360 e. The molecule has 8 heteroatoms. The fraction of sp³-hybridized carbons (Fsp3) is 0.321. The van der Waals surface area contributed by atoms with Crippen molar-refractivity contribution in [1.29, 1.82) is 0 Å². The van der Waals surface area contributed by atoms with Gasteiger partial charge in [-0.3, -0.25) is 9.63 Å². The van der Waals surface area contributed by atoms with Crippen LogP contribution in [-0.4, -0.2) is 32.9 Å². The summed E-state index contributed by atoms with van der Waals surface area (Å²) in [6, 6.07) is 15.8. The van der Waals surface area contributed by atoms with Gasteiger partial charge in [0.05, 0.1) is 5.69 Å². The van der Waals surface area contributed by atoms with Gasteiger partial charge in [0.2, 0.25) is 5.95 Å². The zero-order valence-electron chi connectivity index (χ0n) is 19.9. The van der Waals surface area contributed by atoms with E-state index in [-0.39, 0.29) is 18.0 Å². The van der Waals surface area contributed by atoms with Crippen LogP contribution in [0.25, 0.3) is 22.2 Å². The summed E-state index contributed by atoms with van der Waals surface area (Å²) >= 11 is 5.62. The van der Waals surface area contributed by atoms with Gasteiger partial charge in [0.15, 0.2) is 0 Å². The van der Waals surface area contributed by atoms with Gasteiger partial charge in [-0.15, -0.1) is 0 Å². The van der Waals surface area contributed by atoms with Crippen LogP contribution in [0.5, 0.6) is 0 Å². The van der Waals surface area contributed by atoms with Crippen molar-refractivity contribution in [1.82, 2.24) is 20.3 Å². The number of para-hydroxylation sites is 1. The Morgan fingerprint density at radius 2 is 1.81 bits per heavy atom. The number of benzene rings is 2. The molecule has 2 heterocycles. The molecule has 2 aliphatic rings. The van der Waals surface area contributed by atoms with Crippen molar-refractivity contribution >= 4 is 40.2 Å². The van der Waals surface area contributed by atoms with Crippen LogP contribution in [0.4, 0.5) is 11.6 Å². The van der Waals surface area contributed by atoms with Gasteiger partial charge in [0.25, 0.3) is 5.91 Å². The molecule has 2 saturated carbocycles. The van der Waals surface area contributed by atoms with E-state index in [4.69, 9.17) is 21.7 Å². The van der Waals surface area contributed by atoms with Crippen molar-refractivity contribution in [3.63, 3.8) is 0 Å². The van der Waals surface area contributed by atoms with Crippen molar-refractivity contribution in [3.05, 3.63) is 72.1 Å². The first-order chi connectivity index (χ1) is 17.7. The SMILES string of the molecule is O=C(N[C@H]1CCC[C@@H](Nc2ncc(C3CC3)c(-c3c[nH]c4ccccc34)n2)C1)c1ccc(NCl)cc1. The number of nitrogens with zero attached hydrogens (tertiary/aromatic N) is 2. The average Bonchev–Trinajstić information content (AvgIpc) is 3.67. The first kappa shape index (κ1) is 22.9. The third-order valence-electron chi connectivity index (χ3n) is 7.28. The standard InChI is InChI=1S/C28H29ClN6O/c29-35-19-12-10-18(11-13-19)27(36)32-20-4-3-5-21(14-20)33-28-31-15-23(17-8-9-17)26(34-28)24-16-30-25-7-2-1-6-22(24)25/h1-2,6-7,10-13,15-17,20-21,30,35H,3-5,8-9,14H2,(H,32,36)(H,31,33,34)/t20-,21+/m0/s1. The lowest BCUT2D eigenvalue weighted by Gasteiger charge is -2.30. The number of amides is 1. The summed E-state index contributed by atoms with van der Waals surface area (Å²) in [6.45, 7) is 0. The molecule has 6 rings (SSSR count). The molecule has 0 radical (unpaired) electrons. The molecular weight excluding hydrogens is 472 g/mol. The number of aromatic amines is 1. The van der Waals surface area contributed by atoms with Crippen molar-refractivity contribution in [3.8, 4) is 11.3 Å². The van der Waals surface area contributed by atoms with Crippen LogP contribution in [0, 0.1) is 0 Å². The Bertz CT molecular complexity index is 1380. The van der Waals surface area contributed by atoms with E-state index >= 15 is 0 Å². The highest BCUT2D eigenvalue weighted by Crippen LogP contribution is 2.45. The largest absolute Gasteiger partial charge is 0.360 e. The van der Waals surface area contributed by atoms with Crippen LogP contribution in [-0.2, 0) is 0 Å². The molecule has 1 amide bonds. The summed E-state index contributed by atoms with van der Waals surface area (Å²) in [5.41, 5.74) is 5.87. The third-order valence-corrected chi connectivity index (χ3v) is 7.50. The Morgan fingerprint density at radius 3 is 2.61 bits per heavy atom. The number of nitrogens with one attached hydrogen (secondary N) is 4. The van der Waals surface area contributed by atoms with Crippen LogP contribution in [0.1, 0.15) is 60.4 Å². The molecule has 7 nitrogen and oxygen atoms in total. The van der Waals surface area contributed by atoms with Crippen molar-refractivity contribution in [2.24, 2.45) is 0 Å². The summed E-state index contributed by atoms with van der Waals surface area (Å²) in [6.07, 6.45) is 10.3. The fourth-order valence-corrected chi connectivity index (χ4v) is 5.35. The zero-order chi connectivity index (χ0) is 24.5. The van der Waals surface area contributed by atoms with E-state index < -0.39 is 0 Å². The van der Waals surface area contributed by atoms with E-state index in [9.17, 15) is 4.79 Å². The minimum atomic E-state index is -0.0616. The number of halogens is 1. The summed E-state index contributed by atoms with van der Waals surface area (Å²) < 4.78 is 0. The van der Waals surface area contributed by atoms with E-state index in [0.717, 1.165) is 48.1 Å². The van der Waals surface area contributed by atoms with Crippen molar-refractivity contribution in [2.45, 2.75) is 56.5 Å². The van der Waals surface area contributed by atoms with Crippen LogP contribution >= 0.6 is 11.8 Å². The molecule has 0 saturated heterocycles. The zero-order valence-corrected chi connectivity index (χ0v) is 20.7. The number of anilines is 2. The quantitative estimate of drug-likeness (QED) is 0.226. The lowest BCUT2D eigenvalue weighted by molar-refractivity contribution is 0.0926. The third kappa shape index (κ3) is 4.75. The van der Waals surface area contributed by atoms with E-state index in [0.29, 0.717) is 17.4 Å². The highest BCUT2D eigenvalue weighted by Gasteiger charge is 2.30. The Balaban J connectivity index is 1.17. The van der Waals surface area contributed by atoms with E-state index in [2.05, 4.69) is 44.8 Å². The van der Waals surface area contributed by atoms with E-state index in [1.54, 1.807) is 24.3 Å². The highest BCUT2D eigenvalue weighted by molar-refractivity contribution is 6.24. The van der Waals surface area contributed by atoms with Gasteiger partial charge in [-0.25, -0.2) is 9.97 Å². The number of H-pyrrole nitrogens is 1. The number of hydrogen-bond acceptors (Lipinski definition) is 5.